The van der Waals surface area contributed by atoms with Crippen LogP contribution < -0.4 is 4.74 Å². The van der Waals surface area contributed by atoms with Gasteiger partial charge in [0.25, 0.3) is 0 Å². The van der Waals surface area contributed by atoms with Gasteiger partial charge in [0.15, 0.2) is 0 Å². The van der Waals surface area contributed by atoms with Crippen molar-refractivity contribution in [2.24, 2.45) is 0 Å². The van der Waals surface area contributed by atoms with Crippen LogP contribution in [0.4, 0.5) is 4.79 Å². The Labute approximate surface area is 131 Å². The largest absolute Gasteiger partial charge is 0.490 e. The molecule has 0 aliphatic carbocycles. The molecular weight excluding hydrogens is 319 g/mol. The van der Waals surface area contributed by atoms with Crippen molar-refractivity contribution < 1.29 is 19.1 Å². The van der Waals surface area contributed by atoms with Gasteiger partial charge in [0.2, 0.25) is 0 Å². The summed E-state index contributed by atoms with van der Waals surface area (Å²) < 4.78 is 5.39. The lowest BCUT2D eigenvalue weighted by Crippen LogP contribution is -2.36. The zero-order valence-corrected chi connectivity index (χ0v) is 12.6. The van der Waals surface area contributed by atoms with Crippen LogP contribution in [0.2, 0.25) is 10.0 Å². The van der Waals surface area contributed by atoms with E-state index in [4.69, 9.17) is 27.9 Å². The molecule has 0 unspecified atom stereocenters. The van der Waals surface area contributed by atoms with Crippen molar-refractivity contribution >= 4 is 41.0 Å². The van der Waals surface area contributed by atoms with Crippen LogP contribution in [0.15, 0.2) is 18.2 Å². The predicted octanol–water partition coefficient (Wildman–Crippen LogP) is 2.18. The van der Waals surface area contributed by atoms with Crippen LogP contribution in [0.25, 0.3) is 0 Å². The molecule has 1 saturated heterocycles. The van der Waals surface area contributed by atoms with Gasteiger partial charge in [0, 0.05) is 17.6 Å². The van der Waals surface area contributed by atoms with Crippen molar-refractivity contribution in [3.8, 4) is 5.75 Å². The predicted molar refractivity (Wildman–Crippen MR) is 76.5 cm³/mol. The van der Waals surface area contributed by atoms with Crippen LogP contribution in [0.1, 0.15) is 6.92 Å². The molecule has 0 N–H and O–H groups in total. The van der Waals surface area contributed by atoms with Gasteiger partial charge in [-0.3, -0.25) is 19.4 Å². The lowest BCUT2D eigenvalue weighted by molar-refractivity contribution is -0.143. The molecule has 4 amide bonds. The van der Waals surface area contributed by atoms with E-state index in [1.165, 1.54) is 6.07 Å². The number of amides is 4. The van der Waals surface area contributed by atoms with Crippen LogP contribution in [0.5, 0.6) is 5.75 Å². The Bertz CT molecular complexity index is 606. The molecule has 1 aliphatic rings. The number of carbonyl (C=O) groups is 3. The summed E-state index contributed by atoms with van der Waals surface area (Å²) >= 11 is 11.7. The standard InChI is InChI=1S/C13H12Cl2N2O4/c1-2-16-11(18)12(19)17(13(16)20)5-6-21-10-7-8(14)3-4-9(10)15/h3-4,7H,2,5-6H2,1H3. The summed E-state index contributed by atoms with van der Waals surface area (Å²) in [5, 5.41) is 0.819. The zero-order valence-electron chi connectivity index (χ0n) is 11.1. The fourth-order valence-electron chi connectivity index (χ4n) is 1.86. The van der Waals surface area contributed by atoms with Gasteiger partial charge in [-0.1, -0.05) is 23.2 Å². The van der Waals surface area contributed by atoms with E-state index in [1.54, 1.807) is 19.1 Å². The van der Waals surface area contributed by atoms with E-state index in [1.807, 2.05) is 0 Å². The molecule has 0 atom stereocenters. The van der Waals surface area contributed by atoms with Crippen molar-refractivity contribution in [2.45, 2.75) is 6.92 Å². The Morgan fingerprint density at radius 1 is 1.10 bits per heavy atom. The highest BCUT2D eigenvalue weighted by molar-refractivity contribution is 6.44. The van der Waals surface area contributed by atoms with Crippen molar-refractivity contribution in [2.75, 3.05) is 19.7 Å². The fraction of sp³-hybridized carbons (Fsp3) is 0.308. The molecule has 0 radical (unpaired) electrons. The third-order valence-electron chi connectivity index (χ3n) is 2.92. The molecule has 1 aromatic carbocycles. The molecule has 1 aliphatic heterocycles. The third-order valence-corrected chi connectivity index (χ3v) is 3.46. The fourth-order valence-corrected chi connectivity index (χ4v) is 2.20. The highest BCUT2D eigenvalue weighted by Crippen LogP contribution is 2.27. The summed E-state index contributed by atoms with van der Waals surface area (Å²) in [6.07, 6.45) is 0. The molecule has 0 bridgehead atoms. The van der Waals surface area contributed by atoms with Gasteiger partial charge in [-0.25, -0.2) is 4.79 Å². The van der Waals surface area contributed by atoms with Crippen molar-refractivity contribution in [1.82, 2.24) is 9.80 Å². The number of likely N-dealkylation sites (N-methyl/N-ethyl adjacent to an activating group) is 1. The summed E-state index contributed by atoms with van der Waals surface area (Å²) in [5.41, 5.74) is 0. The number of nitrogens with zero attached hydrogens (tertiary/aromatic N) is 2. The highest BCUT2D eigenvalue weighted by Gasteiger charge is 2.43. The van der Waals surface area contributed by atoms with Crippen LogP contribution >= 0.6 is 23.2 Å². The van der Waals surface area contributed by atoms with Crippen LogP contribution in [-0.4, -0.2) is 47.3 Å². The summed E-state index contributed by atoms with van der Waals surface area (Å²) in [5.74, 6) is -1.31. The Morgan fingerprint density at radius 2 is 1.76 bits per heavy atom. The van der Waals surface area contributed by atoms with E-state index in [0.717, 1.165) is 9.80 Å². The minimum atomic E-state index is -0.845. The molecule has 0 saturated carbocycles. The number of hydrogen-bond acceptors (Lipinski definition) is 4. The maximum absolute atomic E-state index is 11.8. The van der Waals surface area contributed by atoms with E-state index in [9.17, 15) is 14.4 Å². The molecule has 1 heterocycles. The maximum atomic E-state index is 11.8. The Hall–Kier alpha value is -1.79. The first-order valence-electron chi connectivity index (χ1n) is 6.21. The molecule has 0 aromatic heterocycles. The molecular formula is C13H12Cl2N2O4. The SMILES string of the molecule is CCN1C(=O)C(=O)N(CCOc2cc(Cl)ccc2Cl)C1=O. The van der Waals surface area contributed by atoms with Gasteiger partial charge in [-0.2, -0.15) is 0 Å². The number of urea groups is 1. The molecule has 1 aromatic rings. The van der Waals surface area contributed by atoms with Crippen molar-refractivity contribution in [1.29, 1.82) is 0 Å². The zero-order chi connectivity index (χ0) is 15.6. The number of benzene rings is 1. The Kier molecular flexibility index (Phi) is 4.69. The third kappa shape index (κ3) is 3.11. The van der Waals surface area contributed by atoms with E-state index in [-0.39, 0.29) is 19.7 Å². The van der Waals surface area contributed by atoms with Gasteiger partial charge < -0.3 is 4.74 Å². The van der Waals surface area contributed by atoms with E-state index >= 15 is 0 Å². The number of halogens is 2. The quantitative estimate of drug-likeness (QED) is 0.613. The monoisotopic (exact) mass is 330 g/mol. The lowest BCUT2D eigenvalue weighted by atomic mass is 10.3. The van der Waals surface area contributed by atoms with Gasteiger partial charge in [-0.15, -0.1) is 0 Å². The molecule has 21 heavy (non-hydrogen) atoms. The van der Waals surface area contributed by atoms with Crippen molar-refractivity contribution in [3.63, 3.8) is 0 Å². The molecule has 6 nitrogen and oxygen atoms in total. The minimum Gasteiger partial charge on any atom is -0.490 e. The smallest absolute Gasteiger partial charge is 0.334 e. The Balaban J connectivity index is 1.97. The van der Waals surface area contributed by atoms with Crippen LogP contribution in [-0.2, 0) is 9.59 Å². The van der Waals surface area contributed by atoms with Crippen LogP contribution in [0, 0.1) is 0 Å². The van der Waals surface area contributed by atoms with Crippen LogP contribution in [0.3, 0.4) is 0 Å². The van der Waals surface area contributed by atoms with Gasteiger partial charge >= 0.3 is 17.8 Å². The molecule has 8 heteroatoms. The second-order valence-electron chi connectivity index (χ2n) is 4.21. The summed E-state index contributed by atoms with van der Waals surface area (Å²) in [6, 6.07) is 4.09. The molecule has 1 fully saturated rings. The first-order chi connectivity index (χ1) is 9.95. The van der Waals surface area contributed by atoms with Gasteiger partial charge in [0.05, 0.1) is 11.6 Å². The lowest BCUT2D eigenvalue weighted by Gasteiger charge is -2.15. The topological polar surface area (TPSA) is 66.9 Å². The van der Waals surface area contributed by atoms with Gasteiger partial charge in [-0.05, 0) is 19.1 Å². The summed E-state index contributed by atoms with van der Waals surface area (Å²) in [6.45, 7) is 1.75. The number of imide groups is 2. The normalized spacial score (nSPS) is 15.1. The molecule has 2 rings (SSSR count). The average molecular weight is 331 g/mol. The minimum absolute atomic E-state index is 0.0162. The number of rotatable bonds is 5. The first-order valence-corrected chi connectivity index (χ1v) is 6.96. The molecule has 112 valence electrons. The van der Waals surface area contributed by atoms with E-state index < -0.39 is 17.8 Å². The summed E-state index contributed by atoms with van der Waals surface area (Å²) in [4.78, 5) is 36.7. The second-order valence-corrected chi connectivity index (χ2v) is 5.06. The Morgan fingerprint density at radius 3 is 2.38 bits per heavy atom. The number of carbonyl (C=O) groups excluding carboxylic acids is 3. The molecule has 0 spiro atoms. The van der Waals surface area contributed by atoms with Crippen molar-refractivity contribution in [3.05, 3.63) is 28.2 Å². The second kappa shape index (κ2) is 6.32. The maximum Gasteiger partial charge on any atom is 0.334 e. The highest BCUT2D eigenvalue weighted by atomic mass is 35.5. The number of hydrogen-bond donors (Lipinski definition) is 0. The average Bonchev–Trinajstić information content (AvgIpc) is 2.66. The first kappa shape index (κ1) is 15.6. The number of ether oxygens (including phenoxy) is 1. The van der Waals surface area contributed by atoms with E-state index in [0.29, 0.717) is 15.8 Å². The summed E-state index contributed by atoms with van der Waals surface area (Å²) in [7, 11) is 0. The van der Waals surface area contributed by atoms with E-state index in [2.05, 4.69) is 0 Å². The van der Waals surface area contributed by atoms with Gasteiger partial charge in [0.1, 0.15) is 12.4 Å².